The van der Waals surface area contributed by atoms with Crippen LogP contribution in [0.1, 0.15) is 25.5 Å². The van der Waals surface area contributed by atoms with Crippen molar-refractivity contribution in [2.45, 2.75) is 30.1 Å². The van der Waals surface area contributed by atoms with Gasteiger partial charge in [-0.05, 0) is 38.6 Å². The molecule has 0 aliphatic heterocycles. The van der Waals surface area contributed by atoms with Crippen LogP contribution in [0.2, 0.25) is 0 Å². The molecular formula is C12H19NO3S. The van der Waals surface area contributed by atoms with Gasteiger partial charge in [-0.1, -0.05) is 12.1 Å². The molecule has 0 bridgehead atoms. The first-order valence-electron chi connectivity index (χ1n) is 5.56. The molecule has 0 heterocycles. The van der Waals surface area contributed by atoms with Gasteiger partial charge in [0.25, 0.3) is 0 Å². The number of nitrogens with one attached hydrogen (secondary N) is 1. The molecule has 5 heteroatoms. The molecule has 0 aliphatic rings. The molecule has 17 heavy (non-hydrogen) atoms. The van der Waals surface area contributed by atoms with Crippen LogP contribution in [0.4, 0.5) is 0 Å². The minimum absolute atomic E-state index is 0.299. The Kier molecular flexibility index (Phi) is 4.68. The highest BCUT2D eigenvalue weighted by atomic mass is 32.2. The van der Waals surface area contributed by atoms with Crippen LogP contribution >= 0.6 is 0 Å². The number of aliphatic hydroxyl groups excluding tert-OH is 1. The summed E-state index contributed by atoms with van der Waals surface area (Å²) in [5.41, 5.74) is 0.710. The van der Waals surface area contributed by atoms with Gasteiger partial charge in [-0.15, -0.1) is 0 Å². The molecule has 0 saturated carbocycles. The average molecular weight is 257 g/mol. The Morgan fingerprint density at radius 1 is 1.24 bits per heavy atom. The van der Waals surface area contributed by atoms with Gasteiger partial charge in [-0.3, -0.25) is 0 Å². The molecule has 0 radical (unpaired) electrons. The van der Waals surface area contributed by atoms with Crippen molar-refractivity contribution in [1.82, 2.24) is 5.32 Å². The van der Waals surface area contributed by atoms with Crippen molar-refractivity contribution in [2.24, 2.45) is 0 Å². The van der Waals surface area contributed by atoms with Crippen LogP contribution in [0, 0.1) is 0 Å². The quantitative estimate of drug-likeness (QED) is 0.829. The van der Waals surface area contributed by atoms with Gasteiger partial charge in [-0.25, -0.2) is 8.42 Å². The monoisotopic (exact) mass is 257 g/mol. The first kappa shape index (κ1) is 14.2. The zero-order valence-electron chi connectivity index (χ0n) is 10.3. The smallest absolute Gasteiger partial charge is 0.180 e. The van der Waals surface area contributed by atoms with E-state index in [1.54, 1.807) is 45.2 Å². The number of hydrogen-bond acceptors (Lipinski definition) is 4. The van der Waals surface area contributed by atoms with Gasteiger partial charge in [0.2, 0.25) is 0 Å². The van der Waals surface area contributed by atoms with Crippen LogP contribution < -0.4 is 5.32 Å². The molecule has 0 spiro atoms. The van der Waals surface area contributed by atoms with E-state index >= 15 is 0 Å². The zero-order valence-corrected chi connectivity index (χ0v) is 11.2. The largest absolute Gasteiger partial charge is 0.387 e. The van der Waals surface area contributed by atoms with Crippen molar-refractivity contribution in [1.29, 1.82) is 0 Å². The fourth-order valence-corrected chi connectivity index (χ4v) is 2.52. The van der Waals surface area contributed by atoms with Crippen molar-refractivity contribution >= 4 is 9.84 Å². The fraction of sp³-hybridized carbons (Fsp3) is 0.500. The first-order chi connectivity index (χ1) is 7.89. The molecule has 0 fully saturated rings. The van der Waals surface area contributed by atoms with Crippen LogP contribution in [-0.4, -0.2) is 32.4 Å². The Balaban J connectivity index is 2.96. The first-order valence-corrected chi connectivity index (χ1v) is 7.10. The standard InChI is InChI=1S/C12H19NO3S/c1-9(2)17(15,16)11-6-4-10(5-7-11)12(14)8-13-3/h4-7,9,12-14H,8H2,1-3H3. The second kappa shape index (κ2) is 5.62. The fourth-order valence-electron chi connectivity index (χ4n) is 1.46. The summed E-state index contributed by atoms with van der Waals surface area (Å²) in [6.45, 7) is 3.74. The lowest BCUT2D eigenvalue weighted by molar-refractivity contribution is 0.177. The number of benzene rings is 1. The van der Waals surface area contributed by atoms with Crippen LogP contribution in [0.5, 0.6) is 0 Å². The van der Waals surface area contributed by atoms with Crippen LogP contribution in [0.25, 0.3) is 0 Å². The van der Waals surface area contributed by atoms with Crippen molar-refractivity contribution < 1.29 is 13.5 Å². The van der Waals surface area contributed by atoms with Gasteiger partial charge in [0.1, 0.15) is 0 Å². The minimum atomic E-state index is -3.23. The predicted octanol–water partition coefficient (Wildman–Crippen LogP) is 1.12. The number of rotatable bonds is 5. The SMILES string of the molecule is CNCC(O)c1ccc(S(=O)(=O)C(C)C)cc1. The van der Waals surface area contributed by atoms with E-state index in [9.17, 15) is 13.5 Å². The molecular weight excluding hydrogens is 238 g/mol. The minimum Gasteiger partial charge on any atom is -0.387 e. The summed E-state index contributed by atoms with van der Waals surface area (Å²) in [7, 11) is -1.48. The molecule has 2 N–H and O–H groups in total. The van der Waals surface area contributed by atoms with E-state index in [-0.39, 0.29) is 0 Å². The van der Waals surface area contributed by atoms with E-state index in [0.29, 0.717) is 17.0 Å². The molecule has 1 aromatic rings. The highest BCUT2D eigenvalue weighted by molar-refractivity contribution is 7.92. The summed E-state index contributed by atoms with van der Waals surface area (Å²) in [6.07, 6.45) is -0.615. The summed E-state index contributed by atoms with van der Waals surface area (Å²) in [5, 5.41) is 12.1. The predicted molar refractivity (Wildman–Crippen MR) is 67.7 cm³/mol. The van der Waals surface area contributed by atoms with E-state index < -0.39 is 21.2 Å². The molecule has 1 rings (SSSR count). The zero-order chi connectivity index (χ0) is 13.1. The third kappa shape index (κ3) is 3.28. The van der Waals surface area contributed by atoms with Crippen LogP contribution in [0.15, 0.2) is 29.2 Å². The van der Waals surface area contributed by atoms with E-state index in [1.165, 1.54) is 0 Å². The molecule has 1 atom stereocenters. The summed E-state index contributed by atoms with van der Waals surface area (Å²) in [4.78, 5) is 0.299. The van der Waals surface area contributed by atoms with Crippen molar-refractivity contribution in [3.63, 3.8) is 0 Å². The Morgan fingerprint density at radius 3 is 2.18 bits per heavy atom. The lowest BCUT2D eigenvalue weighted by atomic mass is 10.1. The maximum absolute atomic E-state index is 11.9. The van der Waals surface area contributed by atoms with Gasteiger partial charge in [0.15, 0.2) is 9.84 Å². The van der Waals surface area contributed by atoms with E-state index in [1.807, 2.05) is 0 Å². The molecule has 0 saturated heterocycles. The topological polar surface area (TPSA) is 66.4 Å². The molecule has 0 aromatic heterocycles. The van der Waals surface area contributed by atoms with E-state index in [2.05, 4.69) is 5.32 Å². The molecule has 1 aromatic carbocycles. The Morgan fingerprint density at radius 2 is 1.76 bits per heavy atom. The van der Waals surface area contributed by atoms with E-state index in [0.717, 1.165) is 0 Å². The summed E-state index contributed by atoms with van der Waals surface area (Å²) >= 11 is 0. The third-order valence-corrected chi connectivity index (χ3v) is 4.78. The molecule has 4 nitrogen and oxygen atoms in total. The molecule has 0 aliphatic carbocycles. The second-order valence-electron chi connectivity index (χ2n) is 4.24. The van der Waals surface area contributed by atoms with Crippen molar-refractivity contribution in [3.8, 4) is 0 Å². The average Bonchev–Trinajstić information content (AvgIpc) is 2.29. The lowest BCUT2D eigenvalue weighted by Crippen LogP contribution is -2.17. The molecule has 96 valence electrons. The Hall–Kier alpha value is -0.910. The van der Waals surface area contributed by atoms with Gasteiger partial charge in [-0.2, -0.15) is 0 Å². The van der Waals surface area contributed by atoms with Gasteiger partial charge < -0.3 is 10.4 Å². The maximum Gasteiger partial charge on any atom is 0.180 e. The van der Waals surface area contributed by atoms with Crippen molar-refractivity contribution in [3.05, 3.63) is 29.8 Å². The van der Waals surface area contributed by atoms with Crippen molar-refractivity contribution in [2.75, 3.05) is 13.6 Å². The lowest BCUT2D eigenvalue weighted by Gasteiger charge is -2.12. The highest BCUT2D eigenvalue weighted by Crippen LogP contribution is 2.19. The Bertz CT molecular complexity index is 451. The van der Waals surface area contributed by atoms with E-state index in [4.69, 9.17) is 0 Å². The van der Waals surface area contributed by atoms with Gasteiger partial charge in [0.05, 0.1) is 16.2 Å². The maximum atomic E-state index is 11.9. The number of sulfone groups is 1. The van der Waals surface area contributed by atoms with Gasteiger partial charge >= 0.3 is 0 Å². The summed E-state index contributed by atoms with van der Waals surface area (Å²) in [6, 6.07) is 6.39. The third-order valence-electron chi connectivity index (χ3n) is 2.61. The highest BCUT2D eigenvalue weighted by Gasteiger charge is 2.19. The number of hydrogen-bond donors (Lipinski definition) is 2. The second-order valence-corrected chi connectivity index (χ2v) is 6.74. The van der Waals surface area contributed by atoms with Gasteiger partial charge in [0, 0.05) is 6.54 Å². The number of likely N-dealkylation sites (N-methyl/N-ethyl adjacent to an activating group) is 1. The normalized spacial score (nSPS) is 13.9. The van der Waals surface area contributed by atoms with Crippen LogP contribution in [0.3, 0.4) is 0 Å². The Labute approximate surface area is 103 Å². The molecule has 1 unspecified atom stereocenters. The number of aliphatic hydroxyl groups is 1. The summed E-state index contributed by atoms with van der Waals surface area (Å²) in [5.74, 6) is 0. The molecule has 0 amide bonds. The summed E-state index contributed by atoms with van der Waals surface area (Å²) < 4.78 is 23.7. The van der Waals surface area contributed by atoms with Crippen LogP contribution in [-0.2, 0) is 9.84 Å².